The van der Waals surface area contributed by atoms with Gasteiger partial charge in [-0.2, -0.15) is 0 Å². The van der Waals surface area contributed by atoms with Crippen LogP contribution < -0.4 is 14.2 Å². The Bertz CT molecular complexity index is 762. The van der Waals surface area contributed by atoms with Crippen molar-refractivity contribution in [2.45, 2.75) is 32.0 Å². The molecular formula is C22H27NO4. The average Bonchev–Trinajstić information content (AvgIpc) is 3.14. The summed E-state index contributed by atoms with van der Waals surface area (Å²) >= 11 is 0. The molecule has 1 aliphatic heterocycles. The van der Waals surface area contributed by atoms with Gasteiger partial charge in [0.2, 0.25) is 6.79 Å². The third-order valence-electron chi connectivity index (χ3n) is 4.56. The fourth-order valence-electron chi connectivity index (χ4n) is 3.21. The molecule has 1 atom stereocenters. The molecule has 1 heterocycles. The molecule has 5 heteroatoms. The number of fused-ring (bicyclic) bond motifs is 1. The molecule has 144 valence electrons. The summed E-state index contributed by atoms with van der Waals surface area (Å²) in [6, 6.07) is 14.0. The highest BCUT2D eigenvalue weighted by molar-refractivity contribution is 5.44. The molecule has 0 fully saturated rings. The van der Waals surface area contributed by atoms with Crippen molar-refractivity contribution >= 4 is 0 Å². The second-order valence-corrected chi connectivity index (χ2v) is 6.73. The number of hydrogen-bond acceptors (Lipinski definition) is 5. The van der Waals surface area contributed by atoms with Crippen LogP contribution >= 0.6 is 0 Å². The summed E-state index contributed by atoms with van der Waals surface area (Å²) in [7, 11) is 1.67. The summed E-state index contributed by atoms with van der Waals surface area (Å²) in [6.07, 6.45) is 2.95. The maximum Gasteiger partial charge on any atom is 0.231 e. The molecule has 0 amide bonds. The number of methoxy groups -OCH3 is 1. The lowest BCUT2D eigenvalue weighted by Crippen LogP contribution is -2.31. The van der Waals surface area contributed by atoms with Gasteiger partial charge in [0.25, 0.3) is 0 Å². The minimum Gasteiger partial charge on any atom is -0.497 e. The van der Waals surface area contributed by atoms with Gasteiger partial charge in [0.1, 0.15) is 5.75 Å². The number of benzene rings is 2. The summed E-state index contributed by atoms with van der Waals surface area (Å²) in [5.41, 5.74) is 2.27. The van der Waals surface area contributed by atoms with Gasteiger partial charge < -0.3 is 19.3 Å². The molecule has 0 saturated carbocycles. The van der Waals surface area contributed by atoms with Crippen LogP contribution in [0.4, 0.5) is 0 Å². The Morgan fingerprint density at radius 2 is 1.93 bits per heavy atom. The first-order chi connectivity index (χ1) is 13.2. The maximum atomic E-state index is 10.4. The van der Waals surface area contributed by atoms with E-state index in [1.54, 1.807) is 7.11 Å². The van der Waals surface area contributed by atoms with Crippen molar-refractivity contribution in [3.63, 3.8) is 0 Å². The smallest absolute Gasteiger partial charge is 0.231 e. The molecular weight excluding hydrogens is 342 g/mol. The van der Waals surface area contributed by atoms with E-state index in [1.807, 2.05) is 42.5 Å². The van der Waals surface area contributed by atoms with Crippen LogP contribution in [0.25, 0.3) is 0 Å². The molecule has 0 bridgehead atoms. The molecule has 0 aliphatic carbocycles. The number of hydrogen-bond donors (Lipinski definition) is 1. The van der Waals surface area contributed by atoms with E-state index < -0.39 is 6.10 Å². The minimum atomic E-state index is -0.400. The van der Waals surface area contributed by atoms with Crippen LogP contribution in [0.15, 0.2) is 55.1 Å². The summed E-state index contributed by atoms with van der Waals surface area (Å²) < 4.78 is 16.2. The van der Waals surface area contributed by atoms with Gasteiger partial charge >= 0.3 is 0 Å². The van der Waals surface area contributed by atoms with E-state index in [0.29, 0.717) is 19.5 Å². The summed E-state index contributed by atoms with van der Waals surface area (Å²) in [5.74, 6) is 2.40. The first-order valence-corrected chi connectivity index (χ1v) is 9.20. The van der Waals surface area contributed by atoms with E-state index in [0.717, 1.165) is 41.3 Å². The first kappa shape index (κ1) is 19.3. The van der Waals surface area contributed by atoms with Gasteiger partial charge in [0.15, 0.2) is 11.5 Å². The van der Waals surface area contributed by atoms with E-state index in [2.05, 4.69) is 17.5 Å². The van der Waals surface area contributed by atoms with Gasteiger partial charge in [-0.1, -0.05) is 24.3 Å². The monoisotopic (exact) mass is 369 g/mol. The van der Waals surface area contributed by atoms with Gasteiger partial charge in [0, 0.05) is 19.6 Å². The van der Waals surface area contributed by atoms with Gasteiger partial charge in [-0.15, -0.1) is 6.58 Å². The normalized spacial score (nSPS) is 13.6. The number of nitrogens with zero attached hydrogens (tertiary/aromatic N) is 1. The molecule has 5 nitrogen and oxygen atoms in total. The molecule has 1 aliphatic rings. The lowest BCUT2D eigenvalue weighted by Gasteiger charge is -2.25. The Hall–Kier alpha value is -2.50. The van der Waals surface area contributed by atoms with Crippen LogP contribution in [0, 0.1) is 0 Å². The van der Waals surface area contributed by atoms with Gasteiger partial charge in [0.05, 0.1) is 13.2 Å². The zero-order chi connectivity index (χ0) is 19.1. The van der Waals surface area contributed by atoms with Crippen molar-refractivity contribution in [2.75, 3.05) is 20.4 Å². The number of ether oxygens (including phenoxy) is 3. The van der Waals surface area contributed by atoms with E-state index in [-0.39, 0.29) is 6.79 Å². The van der Waals surface area contributed by atoms with Gasteiger partial charge in [-0.3, -0.25) is 4.90 Å². The van der Waals surface area contributed by atoms with Crippen LogP contribution in [0.2, 0.25) is 0 Å². The Balaban J connectivity index is 1.72. The molecule has 0 saturated heterocycles. The van der Waals surface area contributed by atoms with E-state index in [1.165, 1.54) is 0 Å². The Morgan fingerprint density at radius 3 is 2.70 bits per heavy atom. The molecule has 0 radical (unpaired) electrons. The van der Waals surface area contributed by atoms with E-state index >= 15 is 0 Å². The molecule has 3 rings (SSSR count). The van der Waals surface area contributed by atoms with Crippen LogP contribution in [0.5, 0.6) is 17.2 Å². The molecule has 2 aromatic carbocycles. The van der Waals surface area contributed by atoms with Gasteiger partial charge in [-0.05, 0) is 48.2 Å². The predicted octanol–water partition coefficient (Wildman–Crippen LogP) is 3.75. The highest BCUT2D eigenvalue weighted by Gasteiger charge is 2.17. The summed E-state index contributed by atoms with van der Waals surface area (Å²) in [5, 5.41) is 10.4. The predicted molar refractivity (Wildman–Crippen MR) is 105 cm³/mol. The highest BCUT2D eigenvalue weighted by Crippen LogP contribution is 2.33. The van der Waals surface area contributed by atoms with E-state index in [4.69, 9.17) is 14.2 Å². The molecule has 0 aromatic heterocycles. The van der Waals surface area contributed by atoms with Crippen LogP contribution in [0.3, 0.4) is 0 Å². The number of rotatable bonds is 10. The first-order valence-electron chi connectivity index (χ1n) is 9.20. The number of aliphatic hydroxyl groups is 1. The number of aliphatic hydroxyl groups excluding tert-OH is 1. The molecule has 2 aromatic rings. The second kappa shape index (κ2) is 9.44. The van der Waals surface area contributed by atoms with Crippen molar-refractivity contribution in [2.24, 2.45) is 0 Å². The standard InChI is InChI=1S/C22H27NO4/c1-3-4-7-19(24)15-23(13-17-6-5-8-20(11-17)25-2)14-18-9-10-21-22(12-18)27-16-26-21/h3,5-6,8-12,19,24H,1,4,7,13-16H2,2H3. The second-order valence-electron chi connectivity index (χ2n) is 6.73. The fraction of sp³-hybridized carbons (Fsp3) is 0.364. The molecule has 27 heavy (non-hydrogen) atoms. The third-order valence-corrected chi connectivity index (χ3v) is 4.56. The van der Waals surface area contributed by atoms with Crippen molar-refractivity contribution in [3.05, 3.63) is 66.2 Å². The van der Waals surface area contributed by atoms with Crippen molar-refractivity contribution < 1.29 is 19.3 Å². The number of allylic oxidation sites excluding steroid dienone is 1. The zero-order valence-electron chi connectivity index (χ0n) is 15.8. The Labute approximate surface area is 160 Å². The average molecular weight is 369 g/mol. The lowest BCUT2D eigenvalue weighted by molar-refractivity contribution is 0.0983. The Kier molecular flexibility index (Phi) is 6.74. The molecule has 1 N–H and O–H groups in total. The topological polar surface area (TPSA) is 51.2 Å². The minimum absolute atomic E-state index is 0.270. The van der Waals surface area contributed by atoms with Gasteiger partial charge in [-0.25, -0.2) is 0 Å². The largest absolute Gasteiger partial charge is 0.497 e. The highest BCUT2D eigenvalue weighted by atomic mass is 16.7. The third kappa shape index (κ3) is 5.49. The SMILES string of the molecule is C=CCCC(O)CN(Cc1cccc(OC)c1)Cc1ccc2c(c1)OCO2. The summed E-state index contributed by atoms with van der Waals surface area (Å²) in [4.78, 5) is 2.24. The Morgan fingerprint density at radius 1 is 1.15 bits per heavy atom. The van der Waals surface area contributed by atoms with Crippen molar-refractivity contribution in [1.29, 1.82) is 0 Å². The van der Waals surface area contributed by atoms with Crippen LogP contribution in [0.1, 0.15) is 24.0 Å². The summed E-state index contributed by atoms with van der Waals surface area (Å²) in [6.45, 7) is 6.01. The zero-order valence-corrected chi connectivity index (χ0v) is 15.8. The maximum absolute atomic E-state index is 10.4. The van der Waals surface area contributed by atoms with Crippen molar-refractivity contribution in [3.8, 4) is 17.2 Å². The molecule has 1 unspecified atom stereocenters. The van der Waals surface area contributed by atoms with Crippen LogP contribution in [-0.2, 0) is 13.1 Å². The van der Waals surface area contributed by atoms with E-state index in [9.17, 15) is 5.11 Å². The van der Waals surface area contributed by atoms with Crippen LogP contribution in [-0.4, -0.2) is 36.6 Å². The lowest BCUT2D eigenvalue weighted by atomic mass is 10.1. The van der Waals surface area contributed by atoms with Crippen molar-refractivity contribution in [1.82, 2.24) is 4.90 Å². The quantitative estimate of drug-likeness (QED) is 0.647. The molecule has 0 spiro atoms. The fourth-order valence-corrected chi connectivity index (χ4v) is 3.21.